The molecule has 0 saturated carbocycles. The Bertz CT molecular complexity index is 345. The summed E-state index contributed by atoms with van der Waals surface area (Å²) < 4.78 is 18.9. The summed E-state index contributed by atoms with van der Waals surface area (Å²) in [6, 6.07) is 4.51. The van der Waals surface area contributed by atoms with Crippen molar-refractivity contribution >= 4 is 11.6 Å². The molecule has 2 unspecified atom stereocenters. The molecule has 1 heterocycles. The first kappa shape index (κ1) is 9.90. The number of halogens is 2. The molecule has 4 heteroatoms. The van der Waals surface area contributed by atoms with E-state index >= 15 is 0 Å². The first-order valence-corrected chi connectivity index (χ1v) is 4.88. The minimum absolute atomic E-state index is 0.0293. The van der Waals surface area contributed by atoms with Crippen LogP contribution < -0.4 is 5.32 Å². The number of ether oxygens (including phenoxy) is 1. The normalized spacial score (nSPS) is 26.8. The van der Waals surface area contributed by atoms with Gasteiger partial charge in [-0.15, -0.1) is 0 Å². The van der Waals surface area contributed by atoms with E-state index in [1.54, 1.807) is 6.07 Å². The highest BCUT2D eigenvalue weighted by molar-refractivity contribution is 6.30. The Morgan fingerprint density at radius 3 is 3.00 bits per heavy atom. The molecular weight excluding hydrogens is 205 g/mol. The number of hydrogen-bond donors (Lipinski definition) is 1. The summed E-state index contributed by atoms with van der Waals surface area (Å²) in [5.41, 5.74) is 0.523. The molecule has 1 N–H and O–H groups in total. The Hall–Kier alpha value is -0.640. The van der Waals surface area contributed by atoms with Crippen LogP contribution in [0.1, 0.15) is 18.6 Å². The van der Waals surface area contributed by atoms with Crippen LogP contribution in [0, 0.1) is 5.82 Å². The highest BCUT2D eigenvalue weighted by Gasteiger charge is 2.25. The van der Waals surface area contributed by atoms with Gasteiger partial charge < -0.3 is 4.74 Å². The van der Waals surface area contributed by atoms with E-state index < -0.39 is 0 Å². The molecule has 0 radical (unpaired) electrons. The topological polar surface area (TPSA) is 21.3 Å². The molecule has 14 heavy (non-hydrogen) atoms. The summed E-state index contributed by atoms with van der Waals surface area (Å²) in [5.74, 6) is -0.268. The van der Waals surface area contributed by atoms with Crippen molar-refractivity contribution in [2.45, 2.75) is 19.3 Å². The summed E-state index contributed by atoms with van der Waals surface area (Å²) in [6.07, 6.45) is -0.262. The predicted molar refractivity (Wildman–Crippen MR) is 52.7 cm³/mol. The third-order valence-electron chi connectivity index (χ3n) is 2.26. The second-order valence-corrected chi connectivity index (χ2v) is 3.78. The zero-order chi connectivity index (χ0) is 10.1. The fourth-order valence-electron chi connectivity index (χ4n) is 1.56. The zero-order valence-electron chi connectivity index (χ0n) is 7.76. The SMILES string of the molecule is CC1NCC(c2cc(Cl)ccc2F)O1. The summed E-state index contributed by atoms with van der Waals surface area (Å²) in [4.78, 5) is 0. The van der Waals surface area contributed by atoms with Gasteiger partial charge in [0.2, 0.25) is 0 Å². The van der Waals surface area contributed by atoms with Crippen molar-refractivity contribution in [3.8, 4) is 0 Å². The van der Waals surface area contributed by atoms with Crippen molar-refractivity contribution in [1.82, 2.24) is 5.32 Å². The second-order valence-electron chi connectivity index (χ2n) is 3.34. The van der Waals surface area contributed by atoms with E-state index in [0.29, 0.717) is 17.1 Å². The van der Waals surface area contributed by atoms with Crippen molar-refractivity contribution in [3.63, 3.8) is 0 Å². The summed E-state index contributed by atoms with van der Waals surface area (Å²) >= 11 is 5.79. The molecule has 1 fully saturated rings. The summed E-state index contributed by atoms with van der Waals surface area (Å²) in [7, 11) is 0. The Balaban J connectivity index is 2.27. The second kappa shape index (κ2) is 3.85. The molecule has 2 atom stereocenters. The minimum Gasteiger partial charge on any atom is -0.354 e. The van der Waals surface area contributed by atoms with Crippen LogP contribution in [0.2, 0.25) is 5.02 Å². The molecule has 0 bridgehead atoms. The largest absolute Gasteiger partial charge is 0.354 e. The molecule has 0 amide bonds. The van der Waals surface area contributed by atoms with Gasteiger partial charge in [0.15, 0.2) is 0 Å². The van der Waals surface area contributed by atoms with E-state index in [0.717, 1.165) is 0 Å². The molecule has 0 aromatic heterocycles. The van der Waals surface area contributed by atoms with Crippen molar-refractivity contribution in [2.75, 3.05) is 6.54 Å². The Morgan fingerprint density at radius 1 is 1.57 bits per heavy atom. The minimum atomic E-state index is -0.268. The number of rotatable bonds is 1. The first-order chi connectivity index (χ1) is 6.66. The van der Waals surface area contributed by atoms with Crippen molar-refractivity contribution < 1.29 is 9.13 Å². The molecule has 1 saturated heterocycles. The molecule has 76 valence electrons. The van der Waals surface area contributed by atoms with Gasteiger partial charge in [0.1, 0.15) is 12.0 Å². The van der Waals surface area contributed by atoms with Crippen molar-refractivity contribution in [1.29, 1.82) is 0 Å². The van der Waals surface area contributed by atoms with Crippen LogP contribution in [0.5, 0.6) is 0 Å². The van der Waals surface area contributed by atoms with Crippen LogP contribution in [0.3, 0.4) is 0 Å². The van der Waals surface area contributed by atoms with Crippen LogP contribution in [-0.2, 0) is 4.74 Å². The lowest BCUT2D eigenvalue weighted by Gasteiger charge is -2.11. The Labute approximate surface area is 87.0 Å². The van der Waals surface area contributed by atoms with E-state index in [1.165, 1.54) is 12.1 Å². The highest BCUT2D eigenvalue weighted by atomic mass is 35.5. The van der Waals surface area contributed by atoms with Crippen LogP contribution >= 0.6 is 11.6 Å². The van der Waals surface area contributed by atoms with Gasteiger partial charge in [0.25, 0.3) is 0 Å². The van der Waals surface area contributed by atoms with Crippen LogP contribution in [-0.4, -0.2) is 12.8 Å². The lowest BCUT2D eigenvalue weighted by molar-refractivity contribution is 0.0510. The van der Waals surface area contributed by atoms with Gasteiger partial charge >= 0.3 is 0 Å². The Morgan fingerprint density at radius 2 is 2.36 bits per heavy atom. The monoisotopic (exact) mass is 215 g/mol. The molecule has 1 aromatic carbocycles. The summed E-state index contributed by atoms with van der Waals surface area (Å²) in [6.45, 7) is 2.51. The number of benzene rings is 1. The molecule has 1 aliphatic rings. The van der Waals surface area contributed by atoms with Gasteiger partial charge in [-0.3, -0.25) is 5.32 Å². The maximum Gasteiger partial charge on any atom is 0.129 e. The van der Waals surface area contributed by atoms with Gasteiger partial charge in [-0.2, -0.15) is 0 Å². The van der Waals surface area contributed by atoms with Gasteiger partial charge in [-0.05, 0) is 25.1 Å². The fourth-order valence-corrected chi connectivity index (χ4v) is 1.74. The number of nitrogens with one attached hydrogen (secondary N) is 1. The van der Waals surface area contributed by atoms with Crippen LogP contribution in [0.15, 0.2) is 18.2 Å². The van der Waals surface area contributed by atoms with Crippen molar-refractivity contribution in [2.24, 2.45) is 0 Å². The fraction of sp³-hybridized carbons (Fsp3) is 0.400. The molecule has 2 rings (SSSR count). The zero-order valence-corrected chi connectivity index (χ0v) is 8.51. The lowest BCUT2D eigenvalue weighted by Crippen LogP contribution is -2.17. The quantitative estimate of drug-likeness (QED) is 0.777. The molecule has 1 aliphatic heterocycles. The number of hydrogen-bond acceptors (Lipinski definition) is 2. The van der Waals surface area contributed by atoms with Gasteiger partial charge in [0.05, 0.1) is 6.10 Å². The van der Waals surface area contributed by atoms with Gasteiger partial charge in [0, 0.05) is 17.1 Å². The molecule has 0 aliphatic carbocycles. The molecular formula is C10H11ClFNO. The molecule has 1 aromatic rings. The van der Waals surface area contributed by atoms with Gasteiger partial charge in [-0.1, -0.05) is 11.6 Å². The standard InChI is InChI=1S/C10H11ClFNO/c1-6-13-5-10(14-6)8-4-7(11)2-3-9(8)12/h2-4,6,10,13H,5H2,1H3. The van der Waals surface area contributed by atoms with E-state index in [4.69, 9.17) is 16.3 Å². The van der Waals surface area contributed by atoms with E-state index in [9.17, 15) is 4.39 Å². The average Bonchev–Trinajstić information content (AvgIpc) is 2.56. The Kier molecular flexibility index (Phi) is 2.72. The highest BCUT2D eigenvalue weighted by Crippen LogP contribution is 2.27. The maximum absolute atomic E-state index is 13.4. The average molecular weight is 216 g/mol. The maximum atomic E-state index is 13.4. The van der Waals surface area contributed by atoms with Crippen LogP contribution in [0.4, 0.5) is 4.39 Å². The smallest absolute Gasteiger partial charge is 0.129 e. The molecule has 2 nitrogen and oxygen atoms in total. The van der Waals surface area contributed by atoms with E-state index in [-0.39, 0.29) is 18.1 Å². The van der Waals surface area contributed by atoms with Gasteiger partial charge in [-0.25, -0.2) is 4.39 Å². The summed E-state index contributed by atoms with van der Waals surface area (Å²) in [5, 5.41) is 3.61. The molecule has 0 spiro atoms. The third kappa shape index (κ3) is 1.90. The van der Waals surface area contributed by atoms with Crippen molar-refractivity contribution in [3.05, 3.63) is 34.6 Å². The van der Waals surface area contributed by atoms with E-state index in [1.807, 2.05) is 6.92 Å². The lowest BCUT2D eigenvalue weighted by atomic mass is 10.1. The van der Waals surface area contributed by atoms with Crippen LogP contribution in [0.25, 0.3) is 0 Å². The predicted octanol–water partition coefficient (Wildman–Crippen LogP) is 2.49. The van der Waals surface area contributed by atoms with E-state index in [2.05, 4.69) is 5.32 Å². The first-order valence-electron chi connectivity index (χ1n) is 4.50. The third-order valence-corrected chi connectivity index (χ3v) is 2.50.